The molecule has 6 nitrogen and oxygen atoms in total. The summed E-state index contributed by atoms with van der Waals surface area (Å²) in [6.45, 7) is 0.824. The lowest BCUT2D eigenvalue weighted by Gasteiger charge is -2.10. The van der Waals surface area contributed by atoms with E-state index in [1.54, 1.807) is 0 Å². The van der Waals surface area contributed by atoms with Crippen LogP contribution in [0.2, 0.25) is 0 Å². The lowest BCUT2D eigenvalue weighted by molar-refractivity contribution is -0.130. The van der Waals surface area contributed by atoms with Crippen molar-refractivity contribution < 1.29 is 19.4 Å². The molecule has 0 bridgehead atoms. The number of carboxylic acid groups (broad SMARTS) is 1. The van der Waals surface area contributed by atoms with Crippen LogP contribution in [0.25, 0.3) is 0 Å². The van der Waals surface area contributed by atoms with Crippen molar-refractivity contribution >= 4 is 11.9 Å². The zero-order valence-corrected chi connectivity index (χ0v) is 9.76. The number of nitrogens with zero attached hydrogens (tertiary/aromatic N) is 1. The summed E-state index contributed by atoms with van der Waals surface area (Å²) in [6.07, 6.45) is 2.66. The molecular formula is C12H14N2O4. The summed E-state index contributed by atoms with van der Waals surface area (Å²) in [5.41, 5.74) is 0.674. The molecule has 0 aliphatic carbocycles. The van der Waals surface area contributed by atoms with Crippen LogP contribution in [0.4, 0.5) is 0 Å². The summed E-state index contributed by atoms with van der Waals surface area (Å²) >= 11 is 0. The number of hydrogen-bond acceptors (Lipinski definition) is 4. The fraction of sp³-hybridized carbons (Fsp3) is 0.417. The van der Waals surface area contributed by atoms with Crippen LogP contribution in [0, 0.1) is 0 Å². The van der Waals surface area contributed by atoms with Gasteiger partial charge in [0.05, 0.1) is 17.8 Å². The Morgan fingerprint density at radius 2 is 2.39 bits per heavy atom. The van der Waals surface area contributed by atoms with E-state index in [2.05, 4.69) is 10.3 Å². The van der Waals surface area contributed by atoms with Crippen molar-refractivity contribution in [1.29, 1.82) is 0 Å². The van der Waals surface area contributed by atoms with Gasteiger partial charge in [-0.1, -0.05) is 0 Å². The molecular weight excluding hydrogens is 236 g/mol. The molecule has 6 heteroatoms. The van der Waals surface area contributed by atoms with Crippen LogP contribution in [0.15, 0.2) is 18.3 Å². The van der Waals surface area contributed by atoms with Gasteiger partial charge in [-0.2, -0.15) is 0 Å². The maximum Gasteiger partial charge on any atom is 0.335 e. The van der Waals surface area contributed by atoms with Gasteiger partial charge >= 0.3 is 5.97 Å². The Kier molecular flexibility index (Phi) is 3.88. The number of carboxylic acids is 1. The second-order valence-electron chi connectivity index (χ2n) is 4.06. The first-order chi connectivity index (χ1) is 8.66. The maximum atomic E-state index is 11.7. The van der Waals surface area contributed by atoms with Gasteiger partial charge in [0.1, 0.15) is 6.10 Å². The first-order valence-corrected chi connectivity index (χ1v) is 5.74. The van der Waals surface area contributed by atoms with Gasteiger partial charge < -0.3 is 15.2 Å². The zero-order valence-electron chi connectivity index (χ0n) is 9.76. The number of ether oxygens (including phenoxy) is 1. The number of aromatic nitrogens is 1. The Labute approximate surface area is 104 Å². The highest BCUT2D eigenvalue weighted by molar-refractivity contribution is 5.87. The largest absolute Gasteiger partial charge is 0.478 e. The van der Waals surface area contributed by atoms with Crippen LogP contribution in [0.5, 0.6) is 0 Å². The van der Waals surface area contributed by atoms with Crippen molar-refractivity contribution in [3.8, 4) is 0 Å². The smallest absolute Gasteiger partial charge is 0.335 e. The molecule has 18 heavy (non-hydrogen) atoms. The summed E-state index contributed by atoms with van der Waals surface area (Å²) in [7, 11) is 0. The first-order valence-electron chi connectivity index (χ1n) is 5.74. The highest BCUT2D eigenvalue weighted by atomic mass is 16.5. The second-order valence-corrected chi connectivity index (χ2v) is 4.06. The summed E-state index contributed by atoms with van der Waals surface area (Å²) in [5, 5.41) is 11.5. The number of rotatable bonds is 4. The number of pyridine rings is 1. The van der Waals surface area contributed by atoms with E-state index in [-0.39, 0.29) is 24.1 Å². The zero-order chi connectivity index (χ0) is 13.0. The molecule has 0 aromatic carbocycles. The van der Waals surface area contributed by atoms with Crippen LogP contribution in [0.3, 0.4) is 0 Å². The minimum Gasteiger partial charge on any atom is -0.478 e. The van der Waals surface area contributed by atoms with Crippen molar-refractivity contribution in [3.05, 3.63) is 29.6 Å². The Bertz CT molecular complexity index is 455. The van der Waals surface area contributed by atoms with Crippen molar-refractivity contribution in [3.63, 3.8) is 0 Å². The molecule has 2 N–H and O–H groups in total. The van der Waals surface area contributed by atoms with Crippen LogP contribution >= 0.6 is 0 Å². The van der Waals surface area contributed by atoms with Crippen molar-refractivity contribution in [2.75, 3.05) is 6.61 Å². The summed E-state index contributed by atoms with van der Waals surface area (Å²) in [4.78, 5) is 26.4. The molecule has 1 saturated heterocycles. The quantitative estimate of drug-likeness (QED) is 0.815. The first kappa shape index (κ1) is 12.5. The Hall–Kier alpha value is -1.95. The minimum atomic E-state index is -1.01. The molecule has 1 aromatic heterocycles. The Morgan fingerprint density at radius 1 is 1.56 bits per heavy atom. The number of amides is 1. The monoisotopic (exact) mass is 250 g/mol. The molecule has 96 valence electrons. The van der Waals surface area contributed by atoms with Crippen LogP contribution in [-0.4, -0.2) is 34.7 Å². The van der Waals surface area contributed by atoms with Crippen molar-refractivity contribution in [2.45, 2.75) is 25.5 Å². The molecule has 0 unspecified atom stereocenters. The molecule has 1 amide bonds. The molecule has 0 spiro atoms. The molecule has 1 fully saturated rings. The Morgan fingerprint density at radius 3 is 3.06 bits per heavy atom. The number of aromatic carboxylic acids is 1. The van der Waals surface area contributed by atoms with Gasteiger partial charge in [0.15, 0.2) is 0 Å². The molecule has 2 rings (SSSR count). The molecule has 2 heterocycles. The Balaban J connectivity index is 1.91. The van der Waals surface area contributed by atoms with Crippen LogP contribution in [-0.2, 0) is 16.1 Å². The summed E-state index contributed by atoms with van der Waals surface area (Å²) in [6, 6.07) is 2.85. The third kappa shape index (κ3) is 3.04. The topological polar surface area (TPSA) is 88.5 Å². The van der Waals surface area contributed by atoms with E-state index < -0.39 is 5.97 Å². The molecule has 1 atom stereocenters. The third-order valence-electron chi connectivity index (χ3n) is 2.73. The highest BCUT2D eigenvalue weighted by Gasteiger charge is 2.23. The van der Waals surface area contributed by atoms with Gasteiger partial charge in [0.25, 0.3) is 0 Å². The fourth-order valence-corrected chi connectivity index (χ4v) is 1.78. The van der Waals surface area contributed by atoms with E-state index >= 15 is 0 Å². The lowest BCUT2D eigenvalue weighted by Crippen LogP contribution is -2.33. The van der Waals surface area contributed by atoms with Crippen molar-refractivity contribution in [1.82, 2.24) is 10.3 Å². The molecule has 1 aromatic rings. The van der Waals surface area contributed by atoms with E-state index in [9.17, 15) is 9.59 Å². The van der Waals surface area contributed by atoms with E-state index in [0.29, 0.717) is 12.3 Å². The maximum absolute atomic E-state index is 11.7. The number of carbonyl (C=O) groups is 2. The van der Waals surface area contributed by atoms with Crippen molar-refractivity contribution in [2.24, 2.45) is 0 Å². The predicted molar refractivity (Wildman–Crippen MR) is 62.0 cm³/mol. The van der Waals surface area contributed by atoms with Gasteiger partial charge in [0.2, 0.25) is 5.91 Å². The summed E-state index contributed by atoms with van der Waals surface area (Å²) in [5.74, 6) is -1.18. The van der Waals surface area contributed by atoms with Gasteiger partial charge in [-0.3, -0.25) is 9.78 Å². The normalized spacial score (nSPS) is 18.6. The van der Waals surface area contributed by atoms with E-state index in [0.717, 1.165) is 12.8 Å². The highest BCUT2D eigenvalue weighted by Crippen LogP contribution is 2.12. The molecule has 1 aliphatic heterocycles. The van der Waals surface area contributed by atoms with Crippen LogP contribution < -0.4 is 5.32 Å². The summed E-state index contributed by atoms with van der Waals surface area (Å²) < 4.78 is 5.24. The average Bonchev–Trinajstić information content (AvgIpc) is 2.90. The number of hydrogen-bond donors (Lipinski definition) is 2. The van der Waals surface area contributed by atoms with Gasteiger partial charge in [-0.05, 0) is 25.0 Å². The van der Waals surface area contributed by atoms with Gasteiger partial charge in [0, 0.05) is 12.8 Å². The molecule has 0 saturated carbocycles. The standard InChI is InChI=1S/C12H14N2O4/c15-11(10-2-1-5-18-10)14-7-9-6-8(12(16)17)3-4-13-9/h3-4,6,10H,1-2,5,7H2,(H,14,15)(H,16,17)/t10-/m0/s1. The molecule has 0 radical (unpaired) electrons. The lowest BCUT2D eigenvalue weighted by atomic mass is 10.2. The fourth-order valence-electron chi connectivity index (χ4n) is 1.78. The third-order valence-corrected chi connectivity index (χ3v) is 2.73. The molecule has 1 aliphatic rings. The van der Waals surface area contributed by atoms with E-state index in [1.165, 1.54) is 18.3 Å². The number of nitrogens with one attached hydrogen (secondary N) is 1. The van der Waals surface area contributed by atoms with E-state index in [4.69, 9.17) is 9.84 Å². The number of carbonyl (C=O) groups excluding carboxylic acids is 1. The van der Waals surface area contributed by atoms with Gasteiger partial charge in [-0.15, -0.1) is 0 Å². The minimum absolute atomic E-state index is 0.159. The van der Waals surface area contributed by atoms with Gasteiger partial charge in [-0.25, -0.2) is 4.79 Å². The predicted octanol–water partition coefficient (Wildman–Crippen LogP) is 0.575. The SMILES string of the molecule is O=C(O)c1ccnc(CNC(=O)[C@@H]2CCCO2)c1. The average molecular weight is 250 g/mol. The van der Waals surface area contributed by atoms with E-state index in [1.807, 2.05) is 0 Å². The van der Waals surface area contributed by atoms with Crippen LogP contribution in [0.1, 0.15) is 28.9 Å². The second kappa shape index (κ2) is 5.59.